The van der Waals surface area contributed by atoms with Crippen LogP contribution in [0.15, 0.2) is 53.5 Å². The van der Waals surface area contributed by atoms with Crippen molar-refractivity contribution >= 4 is 11.9 Å². The van der Waals surface area contributed by atoms with Gasteiger partial charge in [0.25, 0.3) is 5.91 Å². The zero-order valence-corrected chi connectivity index (χ0v) is 17.5. The van der Waals surface area contributed by atoms with Crippen LogP contribution in [-0.4, -0.2) is 44.0 Å². The van der Waals surface area contributed by atoms with Crippen LogP contribution < -0.4 is 10.6 Å². The Bertz CT molecular complexity index is 764. The van der Waals surface area contributed by atoms with E-state index in [0.29, 0.717) is 12.1 Å². The number of amides is 1. The molecule has 1 amide bonds. The Morgan fingerprint density at radius 2 is 1.50 bits per heavy atom. The maximum absolute atomic E-state index is 12.0. The number of carbonyl (C=O) groups excluding carboxylic acids is 1. The van der Waals surface area contributed by atoms with Crippen LogP contribution in [-0.2, 0) is 19.4 Å². The van der Waals surface area contributed by atoms with Crippen LogP contribution in [0.25, 0.3) is 0 Å². The van der Waals surface area contributed by atoms with E-state index >= 15 is 0 Å². The molecule has 0 fully saturated rings. The second kappa shape index (κ2) is 11.1. The summed E-state index contributed by atoms with van der Waals surface area (Å²) in [4.78, 5) is 18.2. The first-order valence-electron chi connectivity index (χ1n) is 9.94. The molecule has 2 N–H and O–H groups in total. The van der Waals surface area contributed by atoms with E-state index in [0.717, 1.165) is 37.5 Å². The van der Waals surface area contributed by atoms with Crippen molar-refractivity contribution in [1.82, 2.24) is 15.5 Å². The lowest BCUT2D eigenvalue weighted by Gasteiger charge is -2.12. The Morgan fingerprint density at radius 3 is 2.07 bits per heavy atom. The lowest BCUT2D eigenvalue weighted by atomic mass is 10.1. The quantitative estimate of drug-likeness (QED) is 0.546. The summed E-state index contributed by atoms with van der Waals surface area (Å²) in [6.45, 7) is 6.43. The molecule has 2 aromatic rings. The third-order valence-corrected chi connectivity index (χ3v) is 4.51. The summed E-state index contributed by atoms with van der Waals surface area (Å²) in [6, 6.07) is 16.4. The van der Waals surface area contributed by atoms with Crippen molar-refractivity contribution in [2.75, 3.05) is 27.2 Å². The van der Waals surface area contributed by atoms with E-state index in [-0.39, 0.29) is 5.91 Å². The molecule has 0 radical (unpaired) electrons. The first kappa shape index (κ1) is 21.5. The Balaban J connectivity index is 1.89. The zero-order chi connectivity index (χ0) is 20.4. The fourth-order valence-corrected chi connectivity index (χ4v) is 2.79. The Kier molecular flexibility index (Phi) is 8.53. The molecule has 0 heterocycles. The Labute approximate surface area is 168 Å². The number of hydrogen-bond donors (Lipinski definition) is 2. The molecule has 2 aromatic carbocycles. The van der Waals surface area contributed by atoms with E-state index in [1.165, 1.54) is 11.1 Å². The molecule has 0 saturated carbocycles. The first-order chi connectivity index (χ1) is 13.5. The minimum absolute atomic E-state index is 0.0111. The van der Waals surface area contributed by atoms with Gasteiger partial charge in [0.1, 0.15) is 0 Å². The number of nitrogens with one attached hydrogen (secondary N) is 2. The predicted octanol–water partition coefficient (Wildman–Crippen LogP) is 3.25. The van der Waals surface area contributed by atoms with E-state index < -0.39 is 0 Å². The van der Waals surface area contributed by atoms with E-state index in [1.807, 2.05) is 24.3 Å². The van der Waals surface area contributed by atoms with Crippen LogP contribution in [0, 0.1) is 0 Å². The fourth-order valence-electron chi connectivity index (χ4n) is 2.79. The number of guanidine groups is 1. The van der Waals surface area contributed by atoms with Gasteiger partial charge in [-0.05, 0) is 48.6 Å². The zero-order valence-electron chi connectivity index (χ0n) is 17.5. The van der Waals surface area contributed by atoms with Gasteiger partial charge in [-0.1, -0.05) is 43.3 Å². The van der Waals surface area contributed by atoms with Gasteiger partial charge in [0.05, 0.1) is 6.54 Å². The molecular weight excluding hydrogens is 348 g/mol. The second-order valence-corrected chi connectivity index (χ2v) is 6.94. The van der Waals surface area contributed by atoms with E-state index in [2.05, 4.69) is 53.7 Å². The van der Waals surface area contributed by atoms with Gasteiger partial charge >= 0.3 is 0 Å². The summed E-state index contributed by atoms with van der Waals surface area (Å²) >= 11 is 0. The van der Waals surface area contributed by atoms with Crippen LogP contribution in [0.2, 0.25) is 0 Å². The highest BCUT2D eigenvalue weighted by atomic mass is 16.2. The van der Waals surface area contributed by atoms with Gasteiger partial charge < -0.3 is 15.5 Å². The van der Waals surface area contributed by atoms with Crippen molar-refractivity contribution in [3.8, 4) is 0 Å². The van der Waals surface area contributed by atoms with Gasteiger partial charge in [0.15, 0.2) is 5.96 Å². The summed E-state index contributed by atoms with van der Waals surface area (Å²) in [6.07, 6.45) is 2.02. The maximum atomic E-state index is 12.0. The van der Waals surface area contributed by atoms with Crippen molar-refractivity contribution in [1.29, 1.82) is 0 Å². The molecule has 5 heteroatoms. The van der Waals surface area contributed by atoms with E-state index in [9.17, 15) is 4.79 Å². The third kappa shape index (κ3) is 6.72. The molecular formula is C23H32N4O. The number of aryl methyl sites for hydroxylation is 1. The molecule has 0 atom stereocenters. The highest BCUT2D eigenvalue weighted by Crippen LogP contribution is 2.08. The van der Waals surface area contributed by atoms with E-state index in [1.54, 1.807) is 19.0 Å². The minimum atomic E-state index is 0.0111. The Hall–Kier alpha value is -2.82. The summed E-state index contributed by atoms with van der Waals surface area (Å²) in [5.74, 6) is 0.818. The molecule has 5 nitrogen and oxygen atoms in total. The molecule has 150 valence electrons. The van der Waals surface area contributed by atoms with Crippen molar-refractivity contribution in [3.05, 3.63) is 70.8 Å². The fraction of sp³-hybridized carbons (Fsp3) is 0.391. The molecule has 0 aromatic heterocycles. The maximum Gasteiger partial charge on any atom is 0.253 e. The molecule has 0 spiro atoms. The monoisotopic (exact) mass is 380 g/mol. The van der Waals surface area contributed by atoms with Gasteiger partial charge in [-0.25, -0.2) is 4.99 Å². The lowest BCUT2D eigenvalue weighted by Crippen LogP contribution is -2.38. The summed E-state index contributed by atoms with van der Waals surface area (Å²) in [5, 5.41) is 6.67. The number of benzene rings is 2. The summed E-state index contributed by atoms with van der Waals surface area (Å²) in [5.41, 5.74) is 4.45. The molecule has 28 heavy (non-hydrogen) atoms. The highest BCUT2D eigenvalue weighted by Gasteiger charge is 2.07. The van der Waals surface area contributed by atoms with Crippen LogP contribution in [0.4, 0.5) is 0 Å². The average Bonchev–Trinajstić information content (AvgIpc) is 2.72. The molecule has 0 saturated heterocycles. The van der Waals surface area contributed by atoms with Crippen molar-refractivity contribution in [2.24, 2.45) is 4.99 Å². The molecule has 0 aliphatic rings. The first-order valence-corrected chi connectivity index (χ1v) is 9.94. The van der Waals surface area contributed by atoms with Gasteiger partial charge in [0.2, 0.25) is 0 Å². The number of hydrogen-bond acceptors (Lipinski definition) is 2. The number of carbonyl (C=O) groups is 1. The van der Waals surface area contributed by atoms with E-state index in [4.69, 9.17) is 0 Å². The van der Waals surface area contributed by atoms with Crippen LogP contribution in [0.1, 0.15) is 40.9 Å². The molecule has 0 aliphatic heterocycles. The molecule has 2 rings (SSSR count). The third-order valence-electron chi connectivity index (χ3n) is 4.51. The number of aliphatic imine (C=N–C) groups is 1. The smallest absolute Gasteiger partial charge is 0.253 e. The normalized spacial score (nSPS) is 11.2. The van der Waals surface area contributed by atoms with Gasteiger partial charge in [0, 0.05) is 32.7 Å². The van der Waals surface area contributed by atoms with Gasteiger partial charge in [-0.15, -0.1) is 0 Å². The number of rotatable bonds is 8. The largest absolute Gasteiger partial charge is 0.357 e. The second-order valence-electron chi connectivity index (χ2n) is 6.94. The molecule has 0 unspecified atom stereocenters. The predicted molar refractivity (Wildman–Crippen MR) is 117 cm³/mol. The molecule has 0 aliphatic carbocycles. The summed E-state index contributed by atoms with van der Waals surface area (Å²) in [7, 11) is 3.51. The van der Waals surface area contributed by atoms with Crippen LogP contribution >= 0.6 is 0 Å². The lowest BCUT2D eigenvalue weighted by molar-refractivity contribution is 0.0827. The highest BCUT2D eigenvalue weighted by molar-refractivity contribution is 5.93. The minimum Gasteiger partial charge on any atom is -0.357 e. The number of nitrogens with zero attached hydrogens (tertiary/aromatic N) is 2. The molecule has 0 bridgehead atoms. The van der Waals surface area contributed by atoms with Crippen LogP contribution in [0.3, 0.4) is 0 Å². The standard InChI is InChI=1S/C23H32N4O/c1-5-18-7-9-19(10-8-18)15-16-25-23(24-6-2)26-17-20-11-13-21(14-12-20)22(28)27(3)4/h7-14H,5-6,15-17H2,1-4H3,(H2,24,25,26). The van der Waals surface area contributed by atoms with Crippen LogP contribution in [0.5, 0.6) is 0 Å². The Morgan fingerprint density at radius 1 is 0.893 bits per heavy atom. The van der Waals surface area contributed by atoms with Crippen molar-refractivity contribution in [3.63, 3.8) is 0 Å². The average molecular weight is 381 g/mol. The summed E-state index contributed by atoms with van der Waals surface area (Å²) < 4.78 is 0. The van der Waals surface area contributed by atoms with Crippen molar-refractivity contribution < 1.29 is 4.79 Å². The van der Waals surface area contributed by atoms with Crippen molar-refractivity contribution in [2.45, 2.75) is 33.2 Å². The SMILES string of the molecule is CCNC(=NCc1ccc(C(=O)N(C)C)cc1)NCCc1ccc(CC)cc1. The van der Waals surface area contributed by atoms with Gasteiger partial charge in [-0.2, -0.15) is 0 Å². The van der Waals surface area contributed by atoms with Gasteiger partial charge in [-0.3, -0.25) is 4.79 Å². The topological polar surface area (TPSA) is 56.7 Å².